The summed E-state index contributed by atoms with van der Waals surface area (Å²) in [6.07, 6.45) is 3.61. The predicted molar refractivity (Wildman–Crippen MR) is 73.3 cm³/mol. The molecule has 0 spiro atoms. The maximum absolute atomic E-state index is 10.8. The normalized spacial score (nSPS) is 21.7. The zero-order valence-electron chi connectivity index (χ0n) is 10.6. The number of rotatable bonds is 5. The quantitative estimate of drug-likeness (QED) is 0.644. The Morgan fingerprint density at radius 1 is 1.56 bits per heavy atom. The second-order valence-electron chi connectivity index (χ2n) is 4.91. The number of aryl methyl sites for hydroxylation is 1. The molecule has 1 N–H and O–H groups in total. The summed E-state index contributed by atoms with van der Waals surface area (Å²) in [5.74, 6) is 0.739. The van der Waals surface area contributed by atoms with E-state index in [9.17, 15) is 10.1 Å². The van der Waals surface area contributed by atoms with Gasteiger partial charge in [0.05, 0.1) is 4.92 Å². The van der Waals surface area contributed by atoms with E-state index in [2.05, 4.69) is 12.2 Å². The minimum Gasteiger partial charge on any atom is -0.382 e. The summed E-state index contributed by atoms with van der Waals surface area (Å²) in [7, 11) is 0. The van der Waals surface area contributed by atoms with Crippen LogP contribution >= 0.6 is 11.6 Å². The third-order valence-electron chi connectivity index (χ3n) is 3.41. The van der Waals surface area contributed by atoms with Gasteiger partial charge in [0.15, 0.2) is 0 Å². The van der Waals surface area contributed by atoms with Crippen molar-refractivity contribution in [3.05, 3.63) is 32.8 Å². The van der Waals surface area contributed by atoms with E-state index in [-0.39, 0.29) is 10.7 Å². The Morgan fingerprint density at radius 2 is 2.28 bits per heavy atom. The molecule has 4 nitrogen and oxygen atoms in total. The van der Waals surface area contributed by atoms with Crippen molar-refractivity contribution in [1.29, 1.82) is 0 Å². The lowest BCUT2D eigenvalue weighted by Crippen LogP contribution is -2.06. The number of nitrogens with one attached hydrogen (secondary N) is 1. The number of nitrogens with zero attached hydrogens (tertiary/aromatic N) is 1. The highest BCUT2D eigenvalue weighted by atomic mass is 35.5. The van der Waals surface area contributed by atoms with Gasteiger partial charge in [-0.2, -0.15) is 0 Å². The van der Waals surface area contributed by atoms with Crippen LogP contribution in [-0.2, 0) is 0 Å². The average Bonchev–Trinajstić information content (AvgIpc) is 3.01. The zero-order chi connectivity index (χ0) is 13.3. The first-order valence-electron chi connectivity index (χ1n) is 6.24. The Labute approximate surface area is 111 Å². The molecular weight excluding hydrogens is 252 g/mol. The number of halogens is 1. The summed E-state index contributed by atoms with van der Waals surface area (Å²) < 4.78 is 0. The van der Waals surface area contributed by atoms with Crippen molar-refractivity contribution in [1.82, 2.24) is 0 Å². The minimum absolute atomic E-state index is 0.0272. The summed E-state index contributed by atoms with van der Waals surface area (Å²) in [5.41, 5.74) is 1.75. The molecule has 2 unspecified atom stereocenters. The van der Waals surface area contributed by atoms with Crippen LogP contribution in [0.15, 0.2) is 12.1 Å². The Kier molecular flexibility index (Phi) is 3.76. The number of nitro benzene ring substituents is 1. The monoisotopic (exact) mass is 268 g/mol. The maximum atomic E-state index is 10.8. The summed E-state index contributed by atoms with van der Waals surface area (Å²) in [4.78, 5) is 10.3. The molecule has 1 fully saturated rings. The van der Waals surface area contributed by atoms with Crippen LogP contribution in [0.5, 0.6) is 0 Å². The van der Waals surface area contributed by atoms with Gasteiger partial charge in [-0.05, 0) is 37.3 Å². The molecule has 1 aromatic carbocycles. The molecule has 0 aliphatic heterocycles. The third-order valence-corrected chi connectivity index (χ3v) is 3.72. The molecule has 0 heterocycles. The first-order valence-corrected chi connectivity index (χ1v) is 6.61. The molecule has 0 saturated heterocycles. The highest BCUT2D eigenvalue weighted by Gasteiger charge is 2.36. The van der Waals surface area contributed by atoms with Crippen molar-refractivity contribution in [2.75, 3.05) is 5.32 Å². The molecule has 0 radical (unpaired) electrons. The average molecular weight is 269 g/mol. The van der Waals surface area contributed by atoms with Crippen LogP contribution < -0.4 is 5.32 Å². The number of anilines is 1. The molecule has 2 rings (SSSR count). The number of benzene rings is 1. The molecule has 0 bridgehead atoms. The van der Waals surface area contributed by atoms with Crippen LogP contribution in [0, 0.1) is 23.0 Å². The van der Waals surface area contributed by atoms with Gasteiger partial charge in [-0.25, -0.2) is 0 Å². The second kappa shape index (κ2) is 5.14. The second-order valence-corrected chi connectivity index (χ2v) is 5.32. The number of hydrogen-bond acceptors (Lipinski definition) is 3. The standard InChI is InChI=1S/C13H17ClN2O2/c1-3-4-9-6-12(9)15-11-7-10(14)13(16(17)18)5-8(11)2/h5,7,9,12,15H,3-4,6H2,1-2H3. The molecule has 1 aliphatic carbocycles. The minimum atomic E-state index is -0.448. The summed E-state index contributed by atoms with van der Waals surface area (Å²) in [5, 5.41) is 14.4. The van der Waals surface area contributed by atoms with E-state index in [1.165, 1.54) is 25.3 Å². The van der Waals surface area contributed by atoms with Crippen LogP contribution in [0.25, 0.3) is 0 Å². The Balaban J connectivity index is 2.10. The highest BCUT2D eigenvalue weighted by Crippen LogP contribution is 2.39. The summed E-state index contributed by atoms with van der Waals surface area (Å²) in [6, 6.07) is 3.69. The number of hydrogen-bond donors (Lipinski definition) is 1. The van der Waals surface area contributed by atoms with Crippen LogP contribution in [0.1, 0.15) is 31.7 Å². The third kappa shape index (κ3) is 2.75. The molecule has 2 atom stereocenters. The molecule has 0 amide bonds. The fourth-order valence-corrected chi connectivity index (χ4v) is 2.51. The zero-order valence-corrected chi connectivity index (χ0v) is 11.3. The van der Waals surface area contributed by atoms with Gasteiger partial charge in [0.25, 0.3) is 5.69 Å². The van der Waals surface area contributed by atoms with Gasteiger partial charge < -0.3 is 5.32 Å². The first-order chi connectivity index (χ1) is 8.52. The van der Waals surface area contributed by atoms with Crippen molar-refractivity contribution in [2.24, 2.45) is 5.92 Å². The van der Waals surface area contributed by atoms with E-state index in [1.54, 1.807) is 6.07 Å². The van der Waals surface area contributed by atoms with Gasteiger partial charge >= 0.3 is 0 Å². The lowest BCUT2D eigenvalue weighted by Gasteiger charge is -2.10. The van der Waals surface area contributed by atoms with Crippen LogP contribution in [-0.4, -0.2) is 11.0 Å². The lowest BCUT2D eigenvalue weighted by atomic mass is 10.1. The fourth-order valence-electron chi connectivity index (χ4n) is 2.28. The van der Waals surface area contributed by atoms with Gasteiger partial charge in [-0.15, -0.1) is 0 Å². The SMILES string of the molecule is CCCC1CC1Nc1cc(Cl)c([N+](=O)[O-])cc1C. The molecule has 5 heteroatoms. The van der Waals surface area contributed by atoms with Crippen molar-refractivity contribution in [3.63, 3.8) is 0 Å². The van der Waals surface area contributed by atoms with E-state index in [1.807, 2.05) is 6.92 Å². The van der Waals surface area contributed by atoms with Gasteiger partial charge in [0, 0.05) is 17.8 Å². The molecule has 1 aromatic rings. The van der Waals surface area contributed by atoms with Crippen LogP contribution in [0.2, 0.25) is 5.02 Å². The van der Waals surface area contributed by atoms with Gasteiger partial charge in [-0.1, -0.05) is 24.9 Å². The van der Waals surface area contributed by atoms with E-state index in [0.717, 1.165) is 17.2 Å². The van der Waals surface area contributed by atoms with Crippen molar-refractivity contribution < 1.29 is 4.92 Å². The largest absolute Gasteiger partial charge is 0.382 e. The predicted octanol–water partition coefficient (Wildman–Crippen LogP) is 4.16. The van der Waals surface area contributed by atoms with Gasteiger partial charge in [0.1, 0.15) is 5.02 Å². The van der Waals surface area contributed by atoms with Crippen molar-refractivity contribution >= 4 is 23.0 Å². The Morgan fingerprint density at radius 3 is 2.89 bits per heavy atom. The highest BCUT2D eigenvalue weighted by molar-refractivity contribution is 6.33. The molecule has 0 aromatic heterocycles. The smallest absolute Gasteiger partial charge is 0.288 e. The van der Waals surface area contributed by atoms with Crippen molar-refractivity contribution in [3.8, 4) is 0 Å². The molecule has 1 aliphatic rings. The van der Waals surface area contributed by atoms with E-state index in [4.69, 9.17) is 11.6 Å². The van der Waals surface area contributed by atoms with E-state index in [0.29, 0.717) is 6.04 Å². The van der Waals surface area contributed by atoms with E-state index < -0.39 is 4.92 Å². The summed E-state index contributed by atoms with van der Waals surface area (Å²) in [6.45, 7) is 4.05. The maximum Gasteiger partial charge on any atom is 0.288 e. The lowest BCUT2D eigenvalue weighted by molar-refractivity contribution is -0.384. The van der Waals surface area contributed by atoms with E-state index >= 15 is 0 Å². The topological polar surface area (TPSA) is 55.2 Å². The Hall–Kier alpha value is -1.29. The van der Waals surface area contributed by atoms with Gasteiger partial charge in [0.2, 0.25) is 0 Å². The fraction of sp³-hybridized carbons (Fsp3) is 0.538. The number of nitro groups is 1. The molecular formula is C13H17ClN2O2. The molecule has 1 saturated carbocycles. The molecule has 98 valence electrons. The van der Waals surface area contributed by atoms with Crippen LogP contribution in [0.3, 0.4) is 0 Å². The van der Waals surface area contributed by atoms with Crippen molar-refractivity contribution in [2.45, 2.75) is 39.2 Å². The van der Waals surface area contributed by atoms with Crippen LogP contribution in [0.4, 0.5) is 11.4 Å². The Bertz CT molecular complexity index is 476. The summed E-state index contributed by atoms with van der Waals surface area (Å²) >= 11 is 5.92. The first kappa shape index (κ1) is 13.1. The van der Waals surface area contributed by atoms with Gasteiger partial charge in [-0.3, -0.25) is 10.1 Å². The molecule has 18 heavy (non-hydrogen) atoms.